The Balaban J connectivity index is 1.97. The summed E-state index contributed by atoms with van der Waals surface area (Å²) in [5.74, 6) is -0.917. The van der Waals surface area contributed by atoms with Crippen LogP contribution in [-0.2, 0) is 4.79 Å². The first-order valence-corrected chi connectivity index (χ1v) is 6.81. The third-order valence-corrected chi connectivity index (χ3v) is 3.50. The summed E-state index contributed by atoms with van der Waals surface area (Å²) < 4.78 is 40.5. The summed E-state index contributed by atoms with van der Waals surface area (Å²) in [4.78, 5) is 19.7. The minimum Gasteiger partial charge on any atom is -0.406 e. The molecule has 2 aromatic rings. The van der Waals surface area contributed by atoms with Crippen molar-refractivity contribution in [1.29, 1.82) is 0 Å². The molecule has 3 rings (SSSR count). The summed E-state index contributed by atoms with van der Waals surface area (Å²) in [5.41, 5.74) is 12.5. The number of halogens is 3. The Hall–Kier alpha value is -3.04. The molecule has 0 aliphatic carbocycles. The molecule has 1 atom stereocenters. The van der Waals surface area contributed by atoms with Crippen molar-refractivity contribution in [2.75, 3.05) is 16.8 Å². The number of fused-ring (bicyclic) bond motifs is 1. The van der Waals surface area contributed by atoms with E-state index in [4.69, 9.17) is 11.5 Å². The van der Waals surface area contributed by atoms with Gasteiger partial charge in [-0.15, -0.1) is 13.2 Å². The topological polar surface area (TPSA) is 116 Å². The molecule has 0 saturated carbocycles. The van der Waals surface area contributed by atoms with Gasteiger partial charge in [-0.2, -0.15) is 9.97 Å². The molecule has 126 valence electrons. The number of amides is 1. The first kappa shape index (κ1) is 15.8. The number of carbonyl (C=O) groups is 1. The quantitative estimate of drug-likeness (QED) is 0.771. The molecule has 0 radical (unpaired) electrons. The number of nitrogens with zero attached hydrogens (tertiary/aromatic N) is 2. The average Bonchev–Trinajstić information content (AvgIpc) is 2.44. The maximum absolute atomic E-state index is 12.2. The van der Waals surface area contributed by atoms with E-state index in [0.29, 0.717) is 11.1 Å². The predicted molar refractivity (Wildman–Crippen MR) is 79.1 cm³/mol. The lowest BCUT2D eigenvalue weighted by Gasteiger charge is -2.26. The second-order valence-corrected chi connectivity index (χ2v) is 5.15. The van der Waals surface area contributed by atoms with E-state index >= 15 is 0 Å². The molecule has 5 N–H and O–H groups in total. The van der Waals surface area contributed by atoms with Gasteiger partial charge in [0.05, 0.1) is 0 Å². The molecule has 0 saturated heterocycles. The van der Waals surface area contributed by atoms with E-state index in [-0.39, 0.29) is 35.7 Å². The van der Waals surface area contributed by atoms with E-state index < -0.39 is 12.3 Å². The number of aromatic nitrogens is 2. The van der Waals surface area contributed by atoms with Crippen molar-refractivity contribution < 1.29 is 22.7 Å². The first-order chi connectivity index (χ1) is 11.2. The van der Waals surface area contributed by atoms with E-state index in [2.05, 4.69) is 20.0 Å². The molecule has 1 aromatic carbocycles. The first-order valence-electron chi connectivity index (χ1n) is 6.81. The van der Waals surface area contributed by atoms with Gasteiger partial charge in [-0.05, 0) is 17.7 Å². The number of ether oxygens (including phenoxy) is 1. The zero-order chi connectivity index (χ0) is 17.5. The molecular weight excluding hydrogens is 327 g/mol. The average molecular weight is 339 g/mol. The molecule has 0 fully saturated rings. The van der Waals surface area contributed by atoms with E-state index in [1.165, 1.54) is 24.3 Å². The number of anilines is 3. The van der Waals surface area contributed by atoms with Gasteiger partial charge in [0.1, 0.15) is 17.4 Å². The van der Waals surface area contributed by atoms with Gasteiger partial charge in [0.25, 0.3) is 0 Å². The van der Waals surface area contributed by atoms with E-state index in [9.17, 15) is 18.0 Å². The molecule has 1 amide bonds. The fraction of sp³-hybridized carbons (Fsp3) is 0.214. The number of rotatable bonds is 2. The summed E-state index contributed by atoms with van der Waals surface area (Å²) in [6.07, 6.45) is -4.71. The monoisotopic (exact) mass is 339 g/mol. The van der Waals surface area contributed by atoms with Crippen LogP contribution >= 0.6 is 0 Å². The summed E-state index contributed by atoms with van der Waals surface area (Å²) in [6.45, 7) is 0. The minimum atomic E-state index is -4.77. The van der Waals surface area contributed by atoms with Crippen LogP contribution in [0.3, 0.4) is 0 Å². The highest BCUT2D eigenvalue weighted by Crippen LogP contribution is 2.39. The second kappa shape index (κ2) is 5.55. The molecule has 0 spiro atoms. The highest BCUT2D eigenvalue weighted by Gasteiger charge is 2.32. The Bertz CT molecular complexity index is 792. The summed E-state index contributed by atoms with van der Waals surface area (Å²) in [6, 6.07) is 5.21. The number of nitrogen functional groups attached to an aromatic ring is 2. The van der Waals surface area contributed by atoms with Crippen LogP contribution in [0.5, 0.6) is 5.75 Å². The fourth-order valence-electron chi connectivity index (χ4n) is 2.60. The third kappa shape index (κ3) is 3.16. The Morgan fingerprint density at radius 1 is 1.17 bits per heavy atom. The van der Waals surface area contributed by atoms with Crippen LogP contribution in [0.15, 0.2) is 24.3 Å². The van der Waals surface area contributed by atoms with Gasteiger partial charge in [-0.1, -0.05) is 12.1 Å². The number of nitrogens with two attached hydrogens (primary N) is 2. The molecule has 0 bridgehead atoms. The van der Waals surface area contributed by atoms with Crippen molar-refractivity contribution in [3.05, 3.63) is 35.4 Å². The molecule has 10 heteroatoms. The van der Waals surface area contributed by atoms with Gasteiger partial charge >= 0.3 is 6.36 Å². The number of carbonyl (C=O) groups excluding carboxylic acids is 1. The molecule has 7 nitrogen and oxygen atoms in total. The molecule has 1 aliphatic rings. The summed E-state index contributed by atoms with van der Waals surface area (Å²) in [5, 5.41) is 2.56. The zero-order valence-corrected chi connectivity index (χ0v) is 12.1. The number of benzene rings is 1. The smallest absolute Gasteiger partial charge is 0.406 e. The maximum Gasteiger partial charge on any atom is 0.573 e. The number of hydrogen-bond donors (Lipinski definition) is 3. The normalized spacial score (nSPS) is 17.1. The standard InChI is InChI=1S/C14H12F3N5O2/c15-14(16,17)24-7-3-1-6(2-4-7)8-5-9(23)20-12-10(8)11(18)21-13(19)22-12/h1-4,8H,5H2,(H5,18,19,20,21,22,23)/t8-/m0/s1. The van der Waals surface area contributed by atoms with Gasteiger partial charge in [0.2, 0.25) is 11.9 Å². The van der Waals surface area contributed by atoms with Crippen molar-refractivity contribution in [3.8, 4) is 5.75 Å². The highest BCUT2D eigenvalue weighted by molar-refractivity contribution is 5.95. The Kier molecular flexibility index (Phi) is 3.66. The van der Waals surface area contributed by atoms with Crippen LogP contribution in [0, 0.1) is 0 Å². The second-order valence-electron chi connectivity index (χ2n) is 5.15. The Morgan fingerprint density at radius 3 is 2.46 bits per heavy atom. The van der Waals surface area contributed by atoms with Gasteiger partial charge in [-0.25, -0.2) is 0 Å². The minimum absolute atomic E-state index is 0.0595. The maximum atomic E-state index is 12.2. The zero-order valence-electron chi connectivity index (χ0n) is 12.1. The van der Waals surface area contributed by atoms with Gasteiger partial charge < -0.3 is 21.5 Å². The summed E-state index contributed by atoms with van der Waals surface area (Å²) in [7, 11) is 0. The van der Waals surface area contributed by atoms with Gasteiger partial charge in [-0.3, -0.25) is 4.79 Å². The molecule has 2 heterocycles. The van der Waals surface area contributed by atoms with Gasteiger partial charge in [0, 0.05) is 17.9 Å². The van der Waals surface area contributed by atoms with Gasteiger partial charge in [0.15, 0.2) is 0 Å². The van der Waals surface area contributed by atoms with Crippen LogP contribution in [-0.4, -0.2) is 22.2 Å². The van der Waals surface area contributed by atoms with Crippen molar-refractivity contribution >= 4 is 23.5 Å². The van der Waals surface area contributed by atoms with Crippen molar-refractivity contribution in [1.82, 2.24) is 9.97 Å². The molecule has 24 heavy (non-hydrogen) atoms. The Morgan fingerprint density at radius 2 is 1.83 bits per heavy atom. The van der Waals surface area contributed by atoms with Crippen LogP contribution < -0.4 is 21.5 Å². The molecule has 1 aliphatic heterocycles. The SMILES string of the molecule is Nc1nc(N)c2c(n1)NC(=O)C[C@H]2c1ccc(OC(F)(F)F)cc1. The van der Waals surface area contributed by atoms with Crippen LogP contribution in [0.25, 0.3) is 0 Å². The van der Waals surface area contributed by atoms with Crippen LogP contribution in [0.1, 0.15) is 23.5 Å². The molecule has 1 aromatic heterocycles. The largest absolute Gasteiger partial charge is 0.573 e. The van der Waals surface area contributed by atoms with Crippen molar-refractivity contribution in [2.24, 2.45) is 0 Å². The molecular formula is C14H12F3N5O2. The number of hydrogen-bond acceptors (Lipinski definition) is 6. The lowest BCUT2D eigenvalue weighted by atomic mass is 9.86. The lowest BCUT2D eigenvalue weighted by Crippen LogP contribution is -2.26. The fourth-order valence-corrected chi connectivity index (χ4v) is 2.60. The van der Waals surface area contributed by atoms with Crippen LogP contribution in [0.4, 0.5) is 30.8 Å². The van der Waals surface area contributed by atoms with Crippen LogP contribution in [0.2, 0.25) is 0 Å². The number of nitrogens with one attached hydrogen (secondary N) is 1. The molecule has 0 unspecified atom stereocenters. The van der Waals surface area contributed by atoms with E-state index in [1.54, 1.807) is 0 Å². The number of alkyl halides is 3. The third-order valence-electron chi connectivity index (χ3n) is 3.50. The predicted octanol–water partition coefficient (Wildman–Crippen LogP) is 2.01. The van der Waals surface area contributed by atoms with E-state index in [0.717, 1.165) is 0 Å². The lowest BCUT2D eigenvalue weighted by molar-refractivity contribution is -0.274. The summed E-state index contributed by atoms with van der Waals surface area (Å²) >= 11 is 0. The Labute approximate surface area is 133 Å². The highest BCUT2D eigenvalue weighted by atomic mass is 19.4. The van der Waals surface area contributed by atoms with Crippen molar-refractivity contribution in [2.45, 2.75) is 18.7 Å². The van der Waals surface area contributed by atoms with E-state index in [1.807, 2.05) is 0 Å². The van der Waals surface area contributed by atoms with Crippen molar-refractivity contribution in [3.63, 3.8) is 0 Å².